The first-order valence-electron chi connectivity index (χ1n) is 7.97. The summed E-state index contributed by atoms with van der Waals surface area (Å²) in [6.45, 7) is 4.61. The van der Waals surface area contributed by atoms with Gasteiger partial charge >= 0.3 is 0 Å². The largest absolute Gasteiger partial charge is 0.289 e. The predicted molar refractivity (Wildman–Crippen MR) is 96.5 cm³/mol. The number of nitrogens with zero attached hydrogens (tertiary/aromatic N) is 4. The summed E-state index contributed by atoms with van der Waals surface area (Å²) in [6, 6.07) is 15.3. The fourth-order valence-electron chi connectivity index (χ4n) is 2.52. The molecule has 2 heterocycles. The minimum Gasteiger partial charge on any atom is -0.266 e. The van der Waals surface area contributed by atoms with Crippen molar-refractivity contribution in [2.24, 2.45) is 5.10 Å². The Balaban J connectivity index is 1.71. The summed E-state index contributed by atoms with van der Waals surface area (Å²) in [5.74, 6) is -0.344. The van der Waals surface area contributed by atoms with Gasteiger partial charge in [-0.05, 0) is 31.5 Å². The van der Waals surface area contributed by atoms with Gasteiger partial charge in [-0.25, -0.2) is 5.43 Å². The fraction of sp³-hybridized carbons (Fsp3) is 0.158. The molecule has 0 spiro atoms. The van der Waals surface area contributed by atoms with Crippen molar-refractivity contribution < 1.29 is 4.79 Å². The monoisotopic (exact) mass is 333 g/mol. The molecule has 2 aromatic heterocycles. The average Bonchev–Trinajstić information content (AvgIpc) is 2.90. The molecule has 0 saturated heterocycles. The van der Waals surface area contributed by atoms with Gasteiger partial charge < -0.3 is 0 Å². The molecule has 0 aliphatic heterocycles. The molecule has 6 nitrogen and oxygen atoms in total. The number of aryl methyl sites for hydroxylation is 1. The lowest BCUT2D eigenvalue weighted by atomic mass is 10.2. The van der Waals surface area contributed by atoms with Gasteiger partial charge in [-0.2, -0.15) is 10.2 Å². The predicted octanol–water partition coefficient (Wildman–Crippen LogP) is 2.71. The third-order valence-electron chi connectivity index (χ3n) is 3.87. The van der Waals surface area contributed by atoms with E-state index in [2.05, 4.69) is 32.7 Å². The van der Waals surface area contributed by atoms with Gasteiger partial charge in [0.15, 0.2) is 0 Å². The Bertz CT molecular complexity index is 885. The fourth-order valence-corrected chi connectivity index (χ4v) is 2.52. The number of hydrazone groups is 1. The van der Waals surface area contributed by atoms with Crippen LogP contribution in [0.25, 0.3) is 0 Å². The normalized spacial score (nSPS) is 11.0. The maximum absolute atomic E-state index is 11.9. The molecule has 1 aromatic carbocycles. The molecular weight excluding hydrogens is 314 g/mol. The van der Waals surface area contributed by atoms with Crippen LogP contribution < -0.4 is 5.43 Å². The highest BCUT2D eigenvalue weighted by molar-refractivity contribution is 5.93. The molecule has 1 amide bonds. The van der Waals surface area contributed by atoms with Gasteiger partial charge in [-0.15, -0.1) is 0 Å². The highest BCUT2D eigenvalue weighted by atomic mass is 16.2. The molecule has 0 atom stereocenters. The van der Waals surface area contributed by atoms with Gasteiger partial charge in [0.2, 0.25) is 0 Å². The van der Waals surface area contributed by atoms with Crippen molar-refractivity contribution in [1.82, 2.24) is 20.2 Å². The molecule has 0 saturated carbocycles. The Labute approximate surface area is 146 Å². The summed E-state index contributed by atoms with van der Waals surface area (Å²) < 4.78 is 1.94. The molecule has 0 unspecified atom stereocenters. The van der Waals surface area contributed by atoms with Crippen LogP contribution in [0.15, 0.2) is 59.8 Å². The zero-order valence-electron chi connectivity index (χ0n) is 14.2. The van der Waals surface area contributed by atoms with E-state index in [1.54, 1.807) is 30.6 Å². The molecule has 3 aromatic rings. The molecule has 1 N–H and O–H groups in total. The highest BCUT2D eigenvalue weighted by Crippen LogP contribution is 2.12. The van der Waals surface area contributed by atoms with Crippen molar-refractivity contribution in [3.8, 4) is 0 Å². The minimum atomic E-state index is -0.344. The smallest absolute Gasteiger partial charge is 0.266 e. The number of amides is 1. The SMILES string of the molecule is Cc1nn(Cc2ccccc2)c(C)c1/C=N\NC(=O)c1ccccn1. The molecule has 0 radical (unpaired) electrons. The van der Waals surface area contributed by atoms with Crippen LogP contribution >= 0.6 is 0 Å². The van der Waals surface area contributed by atoms with Crippen LogP contribution in [-0.4, -0.2) is 26.9 Å². The number of pyridine rings is 1. The molecule has 0 fully saturated rings. The zero-order chi connectivity index (χ0) is 17.6. The second-order valence-electron chi connectivity index (χ2n) is 5.64. The topological polar surface area (TPSA) is 72.2 Å². The minimum absolute atomic E-state index is 0.327. The van der Waals surface area contributed by atoms with E-state index in [9.17, 15) is 4.79 Å². The molecule has 126 valence electrons. The average molecular weight is 333 g/mol. The van der Waals surface area contributed by atoms with Gasteiger partial charge in [0.05, 0.1) is 18.5 Å². The van der Waals surface area contributed by atoms with E-state index in [1.165, 1.54) is 5.56 Å². The quantitative estimate of drug-likeness (QED) is 0.576. The molecule has 0 aliphatic carbocycles. The molecule has 0 bridgehead atoms. The van der Waals surface area contributed by atoms with E-state index in [4.69, 9.17) is 0 Å². The summed E-state index contributed by atoms with van der Waals surface area (Å²) in [6.07, 6.45) is 3.19. The van der Waals surface area contributed by atoms with E-state index >= 15 is 0 Å². The first kappa shape index (κ1) is 16.6. The lowest BCUT2D eigenvalue weighted by Crippen LogP contribution is -2.18. The van der Waals surface area contributed by atoms with E-state index in [1.807, 2.05) is 36.7 Å². The molecule has 25 heavy (non-hydrogen) atoms. The lowest BCUT2D eigenvalue weighted by Gasteiger charge is -2.04. The Kier molecular flexibility index (Phi) is 4.99. The van der Waals surface area contributed by atoms with Crippen LogP contribution in [0.1, 0.15) is 33.0 Å². The first-order chi connectivity index (χ1) is 12.1. The molecule has 0 aliphatic rings. The summed E-state index contributed by atoms with van der Waals surface area (Å²) >= 11 is 0. The number of hydrogen-bond donors (Lipinski definition) is 1. The standard InChI is InChI=1S/C19H19N5O/c1-14-17(12-21-22-19(25)18-10-6-7-11-20-18)15(2)24(23-14)13-16-8-4-3-5-9-16/h3-12H,13H2,1-2H3,(H,22,25)/b21-12-. The Morgan fingerprint density at radius 3 is 2.64 bits per heavy atom. The van der Waals surface area contributed by atoms with Crippen molar-refractivity contribution >= 4 is 12.1 Å². The van der Waals surface area contributed by atoms with E-state index in [0.717, 1.165) is 17.0 Å². The summed E-state index contributed by atoms with van der Waals surface area (Å²) in [4.78, 5) is 15.9. The molecule has 6 heteroatoms. The van der Waals surface area contributed by atoms with Crippen LogP contribution in [0.3, 0.4) is 0 Å². The van der Waals surface area contributed by atoms with E-state index in [-0.39, 0.29) is 5.91 Å². The van der Waals surface area contributed by atoms with Gasteiger partial charge in [0.25, 0.3) is 5.91 Å². The van der Waals surface area contributed by atoms with Crippen molar-refractivity contribution in [3.05, 3.63) is 82.9 Å². The number of carbonyl (C=O) groups excluding carboxylic acids is 1. The number of aromatic nitrogens is 3. The number of benzene rings is 1. The zero-order valence-corrected chi connectivity index (χ0v) is 14.2. The summed E-state index contributed by atoms with van der Waals surface area (Å²) in [7, 11) is 0. The third kappa shape index (κ3) is 3.98. The van der Waals surface area contributed by atoms with Crippen molar-refractivity contribution in [3.63, 3.8) is 0 Å². The van der Waals surface area contributed by atoms with Crippen LogP contribution in [0.5, 0.6) is 0 Å². The Morgan fingerprint density at radius 2 is 1.92 bits per heavy atom. The van der Waals surface area contributed by atoms with Gasteiger partial charge in [-0.1, -0.05) is 36.4 Å². The molecule has 3 rings (SSSR count). The third-order valence-corrected chi connectivity index (χ3v) is 3.87. The van der Waals surface area contributed by atoms with Crippen molar-refractivity contribution in [2.75, 3.05) is 0 Å². The maximum atomic E-state index is 11.9. The van der Waals surface area contributed by atoms with Crippen LogP contribution in [0.2, 0.25) is 0 Å². The summed E-state index contributed by atoms with van der Waals surface area (Å²) in [5, 5.41) is 8.60. The number of nitrogens with one attached hydrogen (secondary N) is 1. The van der Waals surface area contributed by atoms with E-state index in [0.29, 0.717) is 12.2 Å². The number of hydrogen-bond acceptors (Lipinski definition) is 4. The number of rotatable bonds is 5. The Morgan fingerprint density at radius 1 is 1.16 bits per heavy atom. The first-order valence-corrected chi connectivity index (χ1v) is 7.97. The summed E-state index contributed by atoms with van der Waals surface area (Å²) in [5.41, 5.74) is 6.76. The number of carbonyl (C=O) groups is 1. The lowest BCUT2D eigenvalue weighted by molar-refractivity contribution is 0.0950. The second-order valence-corrected chi connectivity index (χ2v) is 5.64. The van der Waals surface area contributed by atoms with Gasteiger partial charge in [0, 0.05) is 17.5 Å². The highest BCUT2D eigenvalue weighted by Gasteiger charge is 2.10. The van der Waals surface area contributed by atoms with Crippen LogP contribution in [-0.2, 0) is 6.54 Å². The van der Waals surface area contributed by atoms with E-state index < -0.39 is 0 Å². The molecular formula is C19H19N5O. The van der Waals surface area contributed by atoms with Crippen LogP contribution in [0.4, 0.5) is 0 Å². The van der Waals surface area contributed by atoms with Gasteiger partial charge in [0.1, 0.15) is 5.69 Å². The van der Waals surface area contributed by atoms with Crippen molar-refractivity contribution in [2.45, 2.75) is 20.4 Å². The van der Waals surface area contributed by atoms with Crippen molar-refractivity contribution in [1.29, 1.82) is 0 Å². The Hall–Kier alpha value is -3.28. The van der Waals surface area contributed by atoms with Gasteiger partial charge in [-0.3, -0.25) is 14.5 Å². The van der Waals surface area contributed by atoms with Crippen LogP contribution in [0, 0.1) is 13.8 Å². The maximum Gasteiger partial charge on any atom is 0.289 e. The second kappa shape index (κ2) is 7.53.